The minimum atomic E-state index is 0.660. The van der Waals surface area contributed by atoms with E-state index in [1.54, 1.807) is 10.4 Å². The third-order valence-corrected chi connectivity index (χ3v) is 6.30. The predicted octanol–water partition coefficient (Wildman–Crippen LogP) is 4.26. The smallest absolute Gasteiger partial charge is 0.141 e. The highest BCUT2D eigenvalue weighted by Gasteiger charge is 2.26. The highest BCUT2D eigenvalue weighted by molar-refractivity contribution is 7.19. The first-order valence-corrected chi connectivity index (χ1v) is 9.07. The Morgan fingerprint density at radius 2 is 1.86 bits per heavy atom. The molecule has 0 bridgehead atoms. The van der Waals surface area contributed by atoms with Crippen LogP contribution in [0, 0.1) is 6.92 Å². The molecule has 1 saturated carbocycles. The molecule has 1 fully saturated rings. The Morgan fingerprint density at radius 1 is 1.05 bits per heavy atom. The number of fused-ring (bicyclic) bond motifs is 3. The number of anilines is 1. The molecular formula is C17H23N3S. The molecule has 112 valence electrons. The summed E-state index contributed by atoms with van der Waals surface area (Å²) in [5.74, 6) is 2.11. The number of hydrogen-bond acceptors (Lipinski definition) is 4. The Morgan fingerprint density at radius 3 is 2.67 bits per heavy atom. The summed E-state index contributed by atoms with van der Waals surface area (Å²) in [6.07, 6.45) is 10.5. The van der Waals surface area contributed by atoms with Gasteiger partial charge in [0.2, 0.25) is 0 Å². The van der Waals surface area contributed by atoms with Crippen LogP contribution in [0.3, 0.4) is 0 Å². The molecule has 2 aromatic heterocycles. The molecule has 2 heterocycles. The third-order valence-electron chi connectivity index (χ3n) is 5.11. The molecule has 0 saturated heterocycles. The fraction of sp³-hybridized carbons (Fsp3) is 0.647. The van der Waals surface area contributed by atoms with E-state index in [1.165, 1.54) is 67.4 Å². The zero-order valence-corrected chi connectivity index (χ0v) is 13.8. The summed E-state index contributed by atoms with van der Waals surface area (Å²) in [4.78, 5) is 14.8. The van der Waals surface area contributed by atoms with Crippen LogP contribution in [0.2, 0.25) is 0 Å². The molecule has 0 atom stereocenters. The zero-order valence-electron chi connectivity index (χ0n) is 13.0. The maximum absolute atomic E-state index is 4.85. The highest BCUT2D eigenvalue weighted by atomic mass is 32.1. The first-order chi connectivity index (χ1) is 10.2. The quantitative estimate of drug-likeness (QED) is 0.830. The van der Waals surface area contributed by atoms with Gasteiger partial charge in [-0.3, -0.25) is 0 Å². The molecule has 0 N–H and O–H groups in total. The summed E-state index contributed by atoms with van der Waals surface area (Å²) >= 11 is 1.90. The predicted molar refractivity (Wildman–Crippen MR) is 89.5 cm³/mol. The summed E-state index contributed by atoms with van der Waals surface area (Å²) in [5, 5.41) is 1.37. The van der Waals surface area contributed by atoms with E-state index in [1.807, 2.05) is 18.3 Å². The molecule has 2 aliphatic rings. The molecule has 3 nitrogen and oxygen atoms in total. The molecule has 0 unspecified atom stereocenters. The van der Waals surface area contributed by atoms with Gasteiger partial charge in [-0.05, 0) is 44.6 Å². The fourth-order valence-electron chi connectivity index (χ4n) is 3.98. The molecule has 4 heteroatoms. The first kappa shape index (κ1) is 13.5. The van der Waals surface area contributed by atoms with Gasteiger partial charge in [-0.2, -0.15) is 0 Å². The highest BCUT2D eigenvalue weighted by Crippen LogP contribution is 2.41. The first-order valence-electron chi connectivity index (χ1n) is 8.26. The minimum absolute atomic E-state index is 0.660. The van der Waals surface area contributed by atoms with Crippen LogP contribution in [0.4, 0.5) is 5.82 Å². The topological polar surface area (TPSA) is 29.0 Å². The summed E-state index contributed by atoms with van der Waals surface area (Å²) < 4.78 is 0. The molecule has 0 spiro atoms. The van der Waals surface area contributed by atoms with Crippen molar-refractivity contribution in [3.8, 4) is 0 Å². The average Bonchev–Trinajstić information content (AvgIpc) is 3.06. The lowest BCUT2D eigenvalue weighted by molar-refractivity contribution is 0.426. The molecule has 2 aliphatic carbocycles. The van der Waals surface area contributed by atoms with Crippen LogP contribution in [0.5, 0.6) is 0 Å². The minimum Gasteiger partial charge on any atom is -0.356 e. The second kappa shape index (κ2) is 5.24. The number of hydrogen-bond donors (Lipinski definition) is 0. The van der Waals surface area contributed by atoms with Crippen LogP contribution in [-0.4, -0.2) is 23.1 Å². The van der Waals surface area contributed by atoms with Gasteiger partial charge in [0.05, 0.1) is 5.39 Å². The summed E-state index contributed by atoms with van der Waals surface area (Å²) in [6.45, 7) is 2.03. The van der Waals surface area contributed by atoms with Gasteiger partial charge in [0, 0.05) is 18.0 Å². The van der Waals surface area contributed by atoms with Crippen molar-refractivity contribution in [1.29, 1.82) is 0 Å². The second-order valence-corrected chi connectivity index (χ2v) is 7.62. The number of thiophene rings is 1. The molecule has 0 amide bonds. The SMILES string of the molecule is Cc1nc(N(C)C2CCCCC2)c2c3c(sc2n1)CCC3. The van der Waals surface area contributed by atoms with Crippen LogP contribution in [0.15, 0.2) is 0 Å². The number of aryl methyl sites for hydroxylation is 3. The van der Waals surface area contributed by atoms with Crippen molar-refractivity contribution in [1.82, 2.24) is 9.97 Å². The molecule has 0 radical (unpaired) electrons. The van der Waals surface area contributed by atoms with Crippen molar-refractivity contribution >= 4 is 27.4 Å². The van der Waals surface area contributed by atoms with E-state index in [9.17, 15) is 0 Å². The van der Waals surface area contributed by atoms with Crippen molar-refractivity contribution in [3.05, 3.63) is 16.3 Å². The third kappa shape index (κ3) is 2.24. The maximum atomic E-state index is 4.85. The van der Waals surface area contributed by atoms with Gasteiger partial charge in [0.25, 0.3) is 0 Å². The van der Waals surface area contributed by atoms with Gasteiger partial charge < -0.3 is 4.90 Å². The maximum Gasteiger partial charge on any atom is 0.141 e. The summed E-state index contributed by atoms with van der Waals surface area (Å²) in [7, 11) is 2.25. The van der Waals surface area contributed by atoms with Crippen molar-refractivity contribution < 1.29 is 0 Å². The fourth-order valence-corrected chi connectivity index (χ4v) is 5.28. The molecule has 0 aromatic carbocycles. The summed E-state index contributed by atoms with van der Waals surface area (Å²) in [5.41, 5.74) is 1.55. The zero-order chi connectivity index (χ0) is 14.4. The van der Waals surface area contributed by atoms with Crippen molar-refractivity contribution in [2.24, 2.45) is 0 Å². The summed E-state index contributed by atoms with van der Waals surface area (Å²) in [6, 6.07) is 0.660. The Bertz CT molecular complexity index is 670. The van der Waals surface area contributed by atoms with E-state index in [2.05, 4.69) is 11.9 Å². The van der Waals surface area contributed by atoms with Gasteiger partial charge >= 0.3 is 0 Å². The van der Waals surface area contributed by atoms with E-state index < -0.39 is 0 Å². The van der Waals surface area contributed by atoms with E-state index in [0.29, 0.717) is 6.04 Å². The monoisotopic (exact) mass is 301 g/mol. The van der Waals surface area contributed by atoms with Crippen molar-refractivity contribution in [2.45, 2.75) is 64.3 Å². The van der Waals surface area contributed by atoms with E-state index >= 15 is 0 Å². The number of nitrogens with zero attached hydrogens (tertiary/aromatic N) is 3. The van der Waals surface area contributed by atoms with Gasteiger partial charge in [0.15, 0.2) is 0 Å². The van der Waals surface area contributed by atoms with Crippen LogP contribution in [0.1, 0.15) is 54.8 Å². The lowest BCUT2D eigenvalue weighted by atomic mass is 9.94. The Kier molecular flexibility index (Phi) is 3.37. The Balaban J connectivity index is 1.82. The van der Waals surface area contributed by atoms with Gasteiger partial charge in [-0.1, -0.05) is 19.3 Å². The van der Waals surface area contributed by atoms with Crippen LogP contribution < -0.4 is 4.90 Å². The molecule has 2 aromatic rings. The second-order valence-electron chi connectivity index (χ2n) is 6.53. The average molecular weight is 301 g/mol. The van der Waals surface area contributed by atoms with E-state index in [4.69, 9.17) is 9.97 Å². The lowest BCUT2D eigenvalue weighted by Gasteiger charge is -2.32. The van der Waals surface area contributed by atoms with Crippen molar-refractivity contribution in [3.63, 3.8) is 0 Å². The van der Waals surface area contributed by atoms with Crippen LogP contribution >= 0.6 is 11.3 Å². The largest absolute Gasteiger partial charge is 0.356 e. The van der Waals surface area contributed by atoms with Gasteiger partial charge in [0.1, 0.15) is 16.5 Å². The Labute approximate surface area is 130 Å². The number of aromatic nitrogens is 2. The normalized spacial score (nSPS) is 19.1. The molecular weight excluding hydrogens is 278 g/mol. The molecule has 4 rings (SSSR count). The van der Waals surface area contributed by atoms with E-state index in [0.717, 1.165) is 5.82 Å². The molecule has 21 heavy (non-hydrogen) atoms. The van der Waals surface area contributed by atoms with Crippen LogP contribution in [-0.2, 0) is 12.8 Å². The van der Waals surface area contributed by atoms with Crippen molar-refractivity contribution in [2.75, 3.05) is 11.9 Å². The van der Waals surface area contributed by atoms with Crippen LogP contribution in [0.25, 0.3) is 10.2 Å². The Hall–Kier alpha value is -1.16. The van der Waals surface area contributed by atoms with Gasteiger partial charge in [-0.15, -0.1) is 11.3 Å². The van der Waals surface area contributed by atoms with E-state index in [-0.39, 0.29) is 0 Å². The van der Waals surface area contributed by atoms with Gasteiger partial charge in [-0.25, -0.2) is 9.97 Å². The lowest BCUT2D eigenvalue weighted by Crippen LogP contribution is -2.34. The number of rotatable bonds is 2. The molecule has 0 aliphatic heterocycles. The standard InChI is InChI=1S/C17H23N3S/c1-11-18-16(20(2)12-7-4-3-5-8-12)15-13-9-6-10-14(13)21-17(15)19-11/h12H,3-10H2,1-2H3.